The molecule has 0 radical (unpaired) electrons. The molecule has 6 heteroatoms. The van der Waals surface area contributed by atoms with E-state index in [1.54, 1.807) is 0 Å². The minimum absolute atomic E-state index is 0.0229. The molecule has 0 unspecified atom stereocenters. The lowest BCUT2D eigenvalue weighted by molar-refractivity contribution is -0.124. The van der Waals surface area contributed by atoms with Crippen molar-refractivity contribution in [1.82, 2.24) is 9.80 Å². The summed E-state index contributed by atoms with van der Waals surface area (Å²) in [5.74, 6) is -0.205. The van der Waals surface area contributed by atoms with E-state index < -0.39 is 0 Å². The van der Waals surface area contributed by atoms with Crippen LogP contribution in [-0.4, -0.2) is 54.1 Å². The Balaban J connectivity index is 1.77. The number of nitrogens with two attached hydrogens (primary N) is 1. The molecular weight excluding hydrogens is 355 g/mol. The van der Waals surface area contributed by atoms with Gasteiger partial charge < -0.3 is 10.6 Å². The highest BCUT2D eigenvalue weighted by Crippen LogP contribution is 2.21. The molecule has 152 valence electrons. The molecule has 1 amide bonds. The molecule has 0 saturated carbocycles. The molecule has 2 aliphatic heterocycles. The summed E-state index contributed by atoms with van der Waals surface area (Å²) in [5.41, 5.74) is 9.59. The van der Waals surface area contributed by atoms with Gasteiger partial charge in [-0.05, 0) is 43.4 Å². The number of piperidine rings is 1. The maximum absolute atomic E-state index is 13.2. The Kier molecular flexibility index (Phi) is 7.20. The first-order valence-corrected chi connectivity index (χ1v) is 10.4. The van der Waals surface area contributed by atoms with Crippen molar-refractivity contribution < 1.29 is 9.18 Å². The fourth-order valence-corrected chi connectivity index (χ4v) is 3.81. The Hall–Kier alpha value is -2.21. The SMILES string of the molecule is CCCN=C(C(=O)N1CCCCC1)C1=C(N)CCN(Cc2ccc(F)cc2)C1. The Bertz CT molecular complexity index is 735. The second kappa shape index (κ2) is 9.82. The van der Waals surface area contributed by atoms with Crippen LogP contribution in [-0.2, 0) is 11.3 Å². The number of carbonyl (C=O) groups is 1. The van der Waals surface area contributed by atoms with Crippen molar-refractivity contribution in [2.75, 3.05) is 32.7 Å². The van der Waals surface area contributed by atoms with Gasteiger partial charge in [0, 0.05) is 57.0 Å². The first-order valence-electron chi connectivity index (χ1n) is 10.4. The van der Waals surface area contributed by atoms with E-state index in [4.69, 9.17) is 5.73 Å². The van der Waals surface area contributed by atoms with E-state index in [2.05, 4.69) is 16.8 Å². The molecular formula is C22H31FN4O. The van der Waals surface area contributed by atoms with Crippen LogP contribution in [0.4, 0.5) is 4.39 Å². The summed E-state index contributed by atoms with van der Waals surface area (Å²) in [5, 5.41) is 0. The van der Waals surface area contributed by atoms with Crippen LogP contribution in [0.1, 0.15) is 44.6 Å². The van der Waals surface area contributed by atoms with E-state index in [0.29, 0.717) is 25.3 Å². The molecule has 2 N–H and O–H groups in total. The number of hydrogen-bond acceptors (Lipinski definition) is 4. The maximum atomic E-state index is 13.2. The van der Waals surface area contributed by atoms with Gasteiger partial charge in [0.2, 0.25) is 0 Å². The normalized spacial score (nSPS) is 19.2. The topological polar surface area (TPSA) is 61.9 Å². The van der Waals surface area contributed by atoms with Gasteiger partial charge in [0.05, 0.1) is 0 Å². The summed E-state index contributed by atoms with van der Waals surface area (Å²) in [6.07, 6.45) is 4.90. The van der Waals surface area contributed by atoms with E-state index in [9.17, 15) is 9.18 Å². The Morgan fingerprint density at radius 2 is 1.86 bits per heavy atom. The van der Waals surface area contributed by atoms with Crippen LogP contribution in [0.3, 0.4) is 0 Å². The third-order valence-corrected chi connectivity index (χ3v) is 5.41. The molecule has 2 aliphatic rings. The summed E-state index contributed by atoms with van der Waals surface area (Å²) in [6, 6.07) is 6.58. The highest BCUT2D eigenvalue weighted by Gasteiger charge is 2.29. The van der Waals surface area contributed by atoms with Crippen molar-refractivity contribution in [2.45, 2.75) is 45.6 Å². The summed E-state index contributed by atoms with van der Waals surface area (Å²) < 4.78 is 13.2. The number of rotatable bonds is 6. The number of aliphatic imine (C=N–C) groups is 1. The molecule has 1 fully saturated rings. The minimum Gasteiger partial charge on any atom is -0.402 e. The van der Waals surface area contributed by atoms with Gasteiger partial charge in [0.1, 0.15) is 11.5 Å². The van der Waals surface area contributed by atoms with Crippen LogP contribution in [0.2, 0.25) is 0 Å². The second-order valence-electron chi connectivity index (χ2n) is 7.67. The summed E-state index contributed by atoms with van der Waals surface area (Å²) >= 11 is 0. The molecule has 1 saturated heterocycles. The third kappa shape index (κ3) is 5.19. The standard InChI is InChI=1S/C22H31FN4O/c1-2-11-25-21(22(28)27-12-4-3-5-13-27)19-16-26(14-10-20(19)24)15-17-6-8-18(23)9-7-17/h6-9H,2-5,10-16,24H2,1H3. The van der Waals surface area contributed by atoms with Crippen LogP contribution < -0.4 is 5.73 Å². The molecule has 1 aromatic rings. The predicted octanol–water partition coefficient (Wildman–Crippen LogP) is 3.11. The summed E-state index contributed by atoms with van der Waals surface area (Å²) in [7, 11) is 0. The summed E-state index contributed by atoms with van der Waals surface area (Å²) in [4.78, 5) is 22.0. The lowest BCUT2D eigenvalue weighted by Gasteiger charge is -2.32. The van der Waals surface area contributed by atoms with Crippen molar-refractivity contribution in [3.8, 4) is 0 Å². The molecule has 5 nitrogen and oxygen atoms in total. The number of amides is 1. The van der Waals surface area contributed by atoms with Crippen molar-refractivity contribution >= 4 is 11.6 Å². The van der Waals surface area contributed by atoms with Crippen LogP contribution in [0.5, 0.6) is 0 Å². The molecule has 1 aromatic carbocycles. The van der Waals surface area contributed by atoms with E-state index in [1.165, 1.54) is 18.6 Å². The molecule has 0 aliphatic carbocycles. The zero-order valence-corrected chi connectivity index (χ0v) is 16.8. The average molecular weight is 387 g/mol. The number of hydrogen-bond donors (Lipinski definition) is 1. The van der Waals surface area contributed by atoms with E-state index in [-0.39, 0.29) is 11.7 Å². The first kappa shape index (κ1) is 20.5. The van der Waals surface area contributed by atoms with Gasteiger partial charge in [-0.15, -0.1) is 0 Å². The molecule has 0 bridgehead atoms. The van der Waals surface area contributed by atoms with Gasteiger partial charge in [-0.25, -0.2) is 4.39 Å². The highest BCUT2D eigenvalue weighted by molar-refractivity contribution is 6.45. The third-order valence-electron chi connectivity index (χ3n) is 5.41. The molecule has 0 atom stereocenters. The van der Waals surface area contributed by atoms with Gasteiger partial charge in [0.15, 0.2) is 0 Å². The van der Waals surface area contributed by atoms with Crippen molar-refractivity contribution in [3.05, 3.63) is 46.9 Å². The Morgan fingerprint density at radius 1 is 1.14 bits per heavy atom. The molecule has 0 spiro atoms. The molecule has 28 heavy (non-hydrogen) atoms. The van der Waals surface area contributed by atoms with Crippen LogP contribution >= 0.6 is 0 Å². The zero-order valence-electron chi connectivity index (χ0n) is 16.8. The first-order chi connectivity index (χ1) is 13.6. The Labute approximate surface area is 167 Å². The monoisotopic (exact) mass is 386 g/mol. The van der Waals surface area contributed by atoms with Crippen LogP contribution in [0, 0.1) is 5.82 Å². The smallest absolute Gasteiger partial charge is 0.272 e. The number of nitrogens with zero attached hydrogens (tertiary/aromatic N) is 3. The van der Waals surface area contributed by atoms with Crippen molar-refractivity contribution in [2.24, 2.45) is 10.7 Å². The molecule has 0 aromatic heterocycles. The van der Waals surface area contributed by atoms with E-state index in [1.807, 2.05) is 17.0 Å². The quantitative estimate of drug-likeness (QED) is 0.764. The summed E-state index contributed by atoms with van der Waals surface area (Å²) in [6.45, 7) is 6.43. The number of benzene rings is 1. The van der Waals surface area contributed by atoms with Crippen molar-refractivity contribution in [1.29, 1.82) is 0 Å². The van der Waals surface area contributed by atoms with E-state index >= 15 is 0 Å². The van der Waals surface area contributed by atoms with Crippen LogP contribution in [0.15, 0.2) is 40.5 Å². The lowest BCUT2D eigenvalue weighted by atomic mass is 9.99. The number of halogens is 1. The highest BCUT2D eigenvalue weighted by atomic mass is 19.1. The lowest BCUT2D eigenvalue weighted by Crippen LogP contribution is -2.44. The Morgan fingerprint density at radius 3 is 2.54 bits per heavy atom. The van der Waals surface area contributed by atoms with Gasteiger partial charge in [-0.3, -0.25) is 14.7 Å². The van der Waals surface area contributed by atoms with Gasteiger partial charge in [0.25, 0.3) is 5.91 Å². The second-order valence-corrected chi connectivity index (χ2v) is 7.67. The maximum Gasteiger partial charge on any atom is 0.272 e. The van der Waals surface area contributed by atoms with E-state index in [0.717, 1.165) is 62.2 Å². The van der Waals surface area contributed by atoms with Gasteiger partial charge in [-0.1, -0.05) is 19.1 Å². The van der Waals surface area contributed by atoms with Crippen LogP contribution in [0.25, 0.3) is 0 Å². The fourth-order valence-electron chi connectivity index (χ4n) is 3.81. The van der Waals surface area contributed by atoms with Gasteiger partial charge in [-0.2, -0.15) is 0 Å². The largest absolute Gasteiger partial charge is 0.402 e. The molecule has 2 heterocycles. The number of carbonyl (C=O) groups excluding carboxylic acids is 1. The average Bonchev–Trinajstić information content (AvgIpc) is 2.72. The fraction of sp³-hybridized carbons (Fsp3) is 0.545. The number of likely N-dealkylation sites (tertiary alicyclic amines) is 1. The van der Waals surface area contributed by atoms with Crippen molar-refractivity contribution in [3.63, 3.8) is 0 Å². The molecule has 3 rings (SSSR count). The zero-order chi connectivity index (χ0) is 19.9. The minimum atomic E-state index is -0.228. The predicted molar refractivity (Wildman–Crippen MR) is 111 cm³/mol. The van der Waals surface area contributed by atoms with Gasteiger partial charge >= 0.3 is 0 Å².